The van der Waals surface area contributed by atoms with Crippen LogP contribution in [0.15, 0.2) is 211 Å². The van der Waals surface area contributed by atoms with Crippen molar-refractivity contribution in [3.8, 4) is 51.0 Å². The van der Waals surface area contributed by atoms with Gasteiger partial charge in [0.2, 0.25) is 5.95 Å². The third-order valence-electron chi connectivity index (χ3n) is 12.4. The summed E-state index contributed by atoms with van der Waals surface area (Å²) in [5.74, 6) is 1.76. The number of para-hydroxylation sites is 1. The van der Waals surface area contributed by atoms with Crippen molar-refractivity contribution in [2.24, 2.45) is 0 Å². The standard InChI is InChI=1S/C57H34N4O/c1-2-11-35(12-3-1)37-21-24-40(25-22-37)55-58-56(43-26-23-36-13-4-5-16-41(36)33-43)60-57(59-55)61-49-30-27-38-14-6-8-17-44(38)52(49)47-20-10-19-46(54(47)61)42-29-31-50-48(34-42)53-45-18-9-7-15-39(45)28-32-51(53)62-50/h1-34H. The van der Waals surface area contributed by atoms with Crippen molar-refractivity contribution in [2.75, 3.05) is 0 Å². The summed E-state index contributed by atoms with van der Waals surface area (Å²) in [7, 11) is 0. The number of furan rings is 1. The van der Waals surface area contributed by atoms with Gasteiger partial charge in [0.25, 0.3) is 0 Å². The molecule has 0 N–H and O–H groups in total. The van der Waals surface area contributed by atoms with E-state index in [4.69, 9.17) is 19.4 Å². The summed E-state index contributed by atoms with van der Waals surface area (Å²) < 4.78 is 8.72. The van der Waals surface area contributed by atoms with E-state index in [0.717, 1.165) is 87.9 Å². The molecule has 0 amide bonds. The smallest absolute Gasteiger partial charge is 0.238 e. The van der Waals surface area contributed by atoms with Crippen molar-refractivity contribution < 1.29 is 4.42 Å². The molecule has 0 fully saturated rings. The van der Waals surface area contributed by atoms with Crippen molar-refractivity contribution in [1.82, 2.24) is 19.5 Å². The molecule has 0 aliphatic heterocycles. The molecule has 3 heterocycles. The van der Waals surface area contributed by atoms with Crippen LogP contribution in [0.4, 0.5) is 0 Å². The normalized spacial score (nSPS) is 11.9. The first-order valence-corrected chi connectivity index (χ1v) is 20.9. The van der Waals surface area contributed by atoms with Crippen LogP contribution in [-0.4, -0.2) is 19.5 Å². The Morgan fingerprint density at radius 2 is 0.919 bits per heavy atom. The van der Waals surface area contributed by atoms with Crippen molar-refractivity contribution in [2.45, 2.75) is 0 Å². The summed E-state index contributed by atoms with van der Waals surface area (Å²) >= 11 is 0. The maximum Gasteiger partial charge on any atom is 0.238 e. The lowest BCUT2D eigenvalue weighted by molar-refractivity contribution is 0.669. The average molecular weight is 791 g/mol. The largest absolute Gasteiger partial charge is 0.456 e. The highest BCUT2D eigenvalue weighted by atomic mass is 16.3. The van der Waals surface area contributed by atoms with E-state index in [2.05, 4.69) is 205 Å². The highest BCUT2D eigenvalue weighted by molar-refractivity contribution is 6.24. The van der Waals surface area contributed by atoms with Crippen LogP contribution in [0.25, 0.3) is 127 Å². The minimum absolute atomic E-state index is 0.550. The van der Waals surface area contributed by atoms with Crippen LogP contribution in [0.1, 0.15) is 0 Å². The maximum atomic E-state index is 6.47. The lowest BCUT2D eigenvalue weighted by atomic mass is 9.97. The van der Waals surface area contributed by atoms with Gasteiger partial charge in [-0.3, -0.25) is 4.57 Å². The van der Waals surface area contributed by atoms with E-state index < -0.39 is 0 Å². The molecule has 62 heavy (non-hydrogen) atoms. The summed E-state index contributed by atoms with van der Waals surface area (Å²) in [6.07, 6.45) is 0. The van der Waals surface area contributed by atoms with Gasteiger partial charge in [-0.15, -0.1) is 0 Å². The molecule has 10 aromatic carbocycles. The summed E-state index contributed by atoms with van der Waals surface area (Å²) in [6.45, 7) is 0. The summed E-state index contributed by atoms with van der Waals surface area (Å²) in [5.41, 5.74) is 10.1. The third kappa shape index (κ3) is 5.38. The Hall–Kier alpha value is -8.41. The van der Waals surface area contributed by atoms with Gasteiger partial charge in [0.1, 0.15) is 11.2 Å². The van der Waals surface area contributed by atoms with Crippen LogP contribution in [0.3, 0.4) is 0 Å². The Labute approximate surface area is 355 Å². The first kappa shape index (κ1) is 34.5. The lowest BCUT2D eigenvalue weighted by Crippen LogP contribution is -2.07. The Balaban J connectivity index is 1.10. The maximum absolute atomic E-state index is 6.47. The molecule has 288 valence electrons. The van der Waals surface area contributed by atoms with Crippen LogP contribution >= 0.6 is 0 Å². The number of rotatable bonds is 5. The number of aromatic nitrogens is 4. The molecule has 5 heteroatoms. The van der Waals surface area contributed by atoms with Gasteiger partial charge in [0.15, 0.2) is 11.6 Å². The van der Waals surface area contributed by atoms with Gasteiger partial charge >= 0.3 is 0 Å². The molecule has 0 bridgehead atoms. The molecule has 3 aromatic heterocycles. The van der Waals surface area contributed by atoms with E-state index in [1.54, 1.807) is 0 Å². The topological polar surface area (TPSA) is 56.7 Å². The molecule has 0 unspecified atom stereocenters. The molecule has 0 aliphatic rings. The van der Waals surface area contributed by atoms with Gasteiger partial charge in [0, 0.05) is 38.2 Å². The van der Waals surface area contributed by atoms with Gasteiger partial charge in [-0.25, -0.2) is 4.98 Å². The second kappa shape index (κ2) is 13.6. The van der Waals surface area contributed by atoms with E-state index in [-0.39, 0.29) is 0 Å². The Bertz CT molecular complexity index is 3920. The number of benzene rings is 10. The van der Waals surface area contributed by atoms with Crippen molar-refractivity contribution in [3.63, 3.8) is 0 Å². The van der Waals surface area contributed by atoms with E-state index in [9.17, 15) is 0 Å². The van der Waals surface area contributed by atoms with E-state index in [1.807, 2.05) is 6.07 Å². The van der Waals surface area contributed by atoms with Crippen LogP contribution in [0.2, 0.25) is 0 Å². The lowest BCUT2D eigenvalue weighted by Gasteiger charge is -2.13. The fourth-order valence-electron chi connectivity index (χ4n) is 9.49. The van der Waals surface area contributed by atoms with Gasteiger partial charge in [0.05, 0.1) is 11.0 Å². The fraction of sp³-hybridized carbons (Fsp3) is 0. The molecule has 0 aliphatic carbocycles. The monoisotopic (exact) mass is 790 g/mol. The molecule has 5 nitrogen and oxygen atoms in total. The van der Waals surface area contributed by atoms with Gasteiger partial charge in [-0.05, 0) is 79.3 Å². The molecular formula is C57H34N4O. The molecule has 0 saturated carbocycles. The highest BCUT2D eigenvalue weighted by Crippen LogP contribution is 2.43. The number of fused-ring (bicyclic) bond motifs is 11. The molecule has 0 radical (unpaired) electrons. The van der Waals surface area contributed by atoms with Crippen LogP contribution < -0.4 is 0 Å². The van der Waals surface area contributed by atoms with E-state index in [1.165, 1.54) is 21.5 Å². The van der Waals surface area contributed by atoms with Crippen LogP contribution in [-0.2, 0) is 0 Å². The number of hydrogen-bond donors (Lipinski definition) is 0. The zero-order valence-electron chi connectivity index (χ0n) is 33.3. The Morgan fingerprint density at radius 1 is 0.339 bits per heavy atom. The average Bonchev–Trinajstić information content (AvgIpc) is 3.90. The van der Waals surface area contributed by atoms with Gasteiger partial charge in [-0.2, -0.15) is 9.97 Å². The second-order valence-corrected chi connectivity index (χ2v) is 16.0. The molecule has 13 rings (SSSR count). The van der Waals surface area contributed by atoms with Crippen LogP contribution in [0, 0.1) is 0 Å². The summed E-state index contributed by atoms with van der Waals surface area (Å²) in [4.78, 5) is 16.0. The first-order chi connectivity index (χ1) is 30.7. The number of hydrogen-bond acceptors (Lipinski definition) is 4. The van der Waals surface area contributed by atoms with Crippen molar-refractivity contribution >= 4 is 76.1 Å². The van der Waals surface area contributed by atoms with E-state index >= 15 is 0 Å². The zero-order valence-corrected chi connectivity index (χ0v) is 33.3. The zero-order chi connectivity index (χ0) is 40.7. The second-order valence-electron chi connectivity index (χ2n) is 16.0. The van der Waals surface area contributed by atoms with Crippen LogP contribution in [0.5, 0.6) is 0 Å². The Kier molecular flexibility index (Phi) is 7.54. The minimum atomic E-state index is 0.550. The molecule has 0 saturated heterocycles. The van der Waals surface area contributed by atoms with Gasteiger partial charge in [-0.1, -0.05) is 176 Å². The predicted octanol–water partition coefficient (Wildman–Crippen LogP) is 15.0. The quantitative estimate of drug-likeness (QED) is 0.174. The number of nitrogens with zero attached hydrogens (tertiary/aromatic N) is 4. The van der Waals surface area contributed by atoms with Crippen molar-refractivity contribution in [1.29, 1.82) is 0 Å². The summed E-state index contributed by atoms with van der Waals surface area (Å²) in [5, 5.41) is 11.5. The predicted molar refractivity (Wildman–Crippen MR) is 256 cm³/mol. The van der Waals surface area contributed by atoms with Crippen molar-refractivity contribution in [3.05, 3.63) is 206 Å². The molecule has 0 atom stereocenters. The fourth-order valence-corrected chi connectivity index (χ4v) is 9.49. The molecule has 0 spiro atoms. The van der Waals surface area contributed by atoms with Gasteiger partial charge < -0.3 is 4.42 Å². The SMILES string of the molecule is c1ccc(-c2ccc(-c3nc(-c4ccc5ccccc5c4)nc(-n4c5ccc6ccccc6c5c5cccc(-c6ccc7oc8ccc9ccccc9c8c7c6)c54)n3)cc2)cc1. The highest BCUT2D eigenvalue weighted by Gasteiger charge is 2.23. The minimum Gasteiger partial charge on any atom is -0.456 e. The first-order valence-electron chi connectivity index (χ1n) is 20.9. The molecule has 13 aromatic rings. The Morgan fingerprint density at radius 3 is 1.73 bits per heavy atom. The summed E-state index contributed by atoms with van der Waals surface area (Å²) in [6, 6.07) is 72.8. The molecular weight excluding hydrogens is 757 g/mol. The van der Waals surface area contributed by atoms with E-state index in [0.29, 0.717) is 17.6 Å². The third-order valence-corrected chi connectivity index (χ3v) is 12.4.